The van der Waals surface area contributed by atoms with Crippen molar-refractivity contribution in [1.82, 2.24) is 5.32 Å². The lowest BCUT2D eigenvalue weighted by Gasteiger charge is -2.19. The van der Waals surface area contributed by atoms with Crippen LogP contribution < -0.4 is 5.32 Å². The van der Waals surface area contributed by atoms with Crippen molar-refractivity contribution in [2.75, 3.05) is 0 Å². The molecule has 0 aromatic carbocycles. The minimum Gasteiger partial charge on any atom is -0.296 e. The standard InChI is InChI=1S/C9H11NO2/c11-8-6-4-1-2-5(3-4)7(6)9(12)10-8/h4-7H,1-3H2,(H,10,11,12)/t4-,5+,6?,7?. The number of rotatable bonds is 0. The summed E-state index contributed by atoms with van der Waals surface area (Å²) in [5.74, 6) is 1.14. The van der Waals surface area contributed by atoms with Gasteiger partial charge in [-0.1, -0.05) is 0 Å². The third kappa shape index (κ3) is 0.586. The Kier molecular flexibility index (Phi) is 1.05. The normalized spacial score (nSPS) is 49.7. The zero-order valence-corrected chi connectivity index (χ0v) is 6.75. The van der Waals surface area contributed by atoms with Gasteiger partial charge in [0.2, 0.25) is 11.8 Å². The van der Waals surface area contributed by atoms with Gasteiger partial charge in [-0.15, -0.1) is 0 Å². The molecule has 0 aromatic rings. The summed E-state index contributed by atoms with van der Waals surface area (Å²) >= 11 is 0. The van der Waals surface area contributed by atoms with Crippen LogP contribution in [0.15, 0.2) is 0 Å². The highest BCUT2D eigenvalue weighted by Gasteiger charge is 2.57. The molecule has 1 heterocycles. The van der Waals surface area contributed by atoms with Crippen LogP contribution in [0.3, 0.4) is 0 Å². The molecular weight excluding hydrogens is 154 g/mol. The molecule has 0 aromatic heterocycles. The number of imide groups is 1. The van der Waals surface area contributed by atoms with Crippen LogP contribution in [0.5, 0.6) is 0 Å². The summed E-state index contributed by atoms with van der Waals surface area (Å²) in [5.41, 5.74) is 0. The number of hydrogen-bond acceptors (Lipinski definition) is 2. The van der Waals surface area contributed by atoms with Gasteiger partial charge in [0.15, 0.2) is 0 Å². The van der Waals surface area contributed by atoms with Gasteiger partial charge < -0.3 is 0 Å². The summed E-state index contributed by atoms with van der Waals surface area (Å²) in [7, 11) is 0. The number of hydrogen-bond donors (Lipinski definition) is 1. The van der Waals surface area contributed by atoms with Gasteiger partial charge in [0, 0.05) is 0 Å². The van der Waals surface area contributed by atoms with E-state index in [2.05, 4.69) is 5.32 Å². The van der Waals surface area contributed by atoms with Gasteiger partial charge in [-0.3, -0.25) is 14.9 Å². The van der Waals surface area contributed by atoms with Crippen LogP contribution in [0.1, 0.15) is 19.3 Å². The average molecular weight is 165 g/mol. The van der Waals surface area contributed by atoms with E-state index in [1.807, 2.05) is 0 Å². The number of fused-ring (bicyclic) bond motifs is 5. The molecule has 0 radical (unpaired) electrons. The lowest BCUT2D eigenvalue weighted by atomic mass is 9.81. The Labute approximate surface area is 70.5 Å². The van der Waals surface area contributed by atoms with Crippen LogP contribution >= 0.6 is 0 Å². The summed E-state index contributed by atoms with van der Waals surface area (Å²) in [6, 6.07) is 0. The van der Waals surface area contributed by atoms with Crippen LogP contribution in [0, 0.1) is 23.7 Å². The molecule has 2 bridgehead atoms. The van der Waals surface area contributed by atoms with Gasteiger partial charge in [-0.25, -0.2) is 0 Å². The second-order valence-electron chi connectivity index (χ2n) is 4.24. The third-order valence-corrected chi connectivity index (χ3v) is 3.77. The summed E-state index contributed by atoms with van der Waals surface area (Å²) in [5, 5.41) is 2.44. The van der Waals surface area contributed by atoms with Crippen LogP contribution in [0.25, 0.3) is 0 Å². The highest BCUT2D eigenvalue weighted by Crippen LogP contribution is 2.54. The smallest absolute Gasteiger partial charge is 0.230 e. The van der Waals surface area contributed by atoms with Crippen molar-refractivity contribution in [3.8, 4) is 0 Å². The molecule has 12 heavy (non-hydrogen) atoms. The Balaban J connectivity index is 2.03. The van der Waals surface area contributed by atoms with Crippen molar-refractivity contribution in [3.05, 3.63) is 0 Å². The zero-order valence-electron chi connectivity index (χ0n) is 6.75. The van der Waals surface area contributed by atoms with Gasteiger partial charge in [-0.2, -0.15) is 0 Å². The number of nitrogens with one attached hydrogen (secondary N) is 1. The highest BCUT2D eigenvalue weighted by molar-refractivity contribution is 6.05. The summed E-state index contributed by atoms with van der Waals surface area (Å²) in [4.78, 5) is 22.6. The second kappa shape index (κ2) is 1.90. The van der Waals surface area contributed by atoms with Crippen molar-refractivity contribution >= 4 is 11.8 Å². The molecule has 4 atom stereocenters. The molecule has 3 nitrogen and oxygen atoms in total. The van der Waals surface area contributed by atoms with E-state index in [9.17, 15) is 9.59 Å². The Morgan fingerprint density at radius 1 is 1.00 bits per heavy atom. The molecule has 3 rings (SSSR count). The van der Waals surface area contributed by atoms with Gasteiger partial charge in [-0.05, 0) is 31.1 Å². The summed E-state index contributed by atoms with van der Waals surface area (Å²) in [6.07, 6.45) is 3.44. The minimum absolute atomic E-state index is 0.00259. The molecule has 64 valence electrons. The van der Waals surface area contributed by atoms with Gasteiger partial charge in [0.25, 0.3) is 0 Å². The molecule has 2 aliphatic carbocycles. The summed E-state index contributed by atoms with van der Waals surface area (Å²) < 4.78 is 0. The quantitative estimate of drug-likeness (QED) is 0.525. The van der Waals surface area contributed by atoms with E-state index in [-0.39, 0.29) is 23.7 Å². The molecule has 1 aliphatic heterocycles. The van der Waals surface area contributed by atoms with Crippen molar-refractivity contribution < 1.29 is 9.59 Å². The number of carbonyl (C=O) groups is 2. The second-order valence-corrected chi connectivity index (χ2v) is 4.24. The maximum atomic E-state index is 11.3. The van der Waals surface area contributed by atoms with Crippen molar-refractivity contribution in [1.29, 1.82) is 0 Å². The Hall–Kier alpha value is -0.860. The van der Waals surface area contributed by atoms with Gasteiger partial charge in [0.1, 0.15) is 0 Å². The van der Waals surface area contributed by atoms with E-state index in [0.29, 0.717) is 11.8 Å². The van der Waals surface area contributed by atoms with E-state index in [1.54, 1.807) is 0 Å². The largest absolute Gasteiger partial charge is 0.296 e. The fourth-order valence-corrected chi connectivity index (χ4v) is 3.33. The van der Waals surface area contributed by atoms with Gasteiger partial charge in [0.05, 0.1) is 11.8 Å². The molecule has 1 N–H and O–H groups in total. The molecule has 3 fully saturated rings. The van der Waals surface area contributed by atoms with Gasteiger partial charge >= 0.3 is 0 Å². The maximum Gasteiger partial charge on any atom is 0.230 e. The molecule has 2 amide bonds. The lowest BCUT2D eigenvalue weighted by molar-refractivity contribution is -0.126. The van der Waals surface area contributed by atoms with E-state index in [4.69, 9.17) is 0 Å². The Morgan fingerprint density at radius 2 is 1.50 bits per heavy atom. The predicted octanol–water partition coefficient (Wildman–Crippen LogP) is 0.305. The molecule has 3 heteroatoms. The minimum atomic E-state index is -0.00259. The van der Waals surface area contributed by atoms with Crippen molar-refractivity contribution in [2.24, 2.45) is 23.7 Å². The first-order valence-electron chi connectivity index (χ1n) is 4.62. The maximum absolute atomic E-state index is 11.3. The van der Waals surface area contributed by atoms with E-state index < -0.39 is 0 Å². The SMILES string of the molecule is O=C1NC(=O)C2C1[C@@H]1CC[C@H]2C1. The van der Waals surface area contributed by atoms with E-state index in [0.717, 1.165) is 19.3 Å². The van der Waals surface area contributed by atoms with Crippen LogP contribution in [-0.2, 0) is 9.59 Å². The zero-order chi connectivity index (χ0) is 8.29. The summed E-state index contributed by atoms with van der Waals surface area (Å²) in [6.45, 7) is 0. The monoisotopic (exact) mass is 165 g/mol. The highest BCUT2D eigenvalue weighted by atomic mass is 16.2. The molecule has 0 spiro atoms. The molecule has 1 saturated heterocycles. The first-order valence-corrected chi connectivity index (χ1v) is 4.62. The Morgan fingerprint density at radius 3 is 2.00 bits per heavy atom. The number of carbonyl (C=O) groups excluding carboxylic acids is 2. The lowest BCUT2D eigenvalue weighted by Crippen LogP contribution is -2.24. The Bertz CT molecular complexity index is 248. The molecule has 3 aliphatic rings. The first kappa shape index (κ1) is 6.63. The fraction of sp³-hybridized carbons (Fsp3) is 0.778. The fourth-order valence-electron chi connectivity index (χ4n) is 3.33. The number of amides is 2. The van der Waals surface area contributed by atoms with Crippen molar-refractivity contribution in [2.45, 2.75) is 19.3 Å². The molecule has 2 saturated carbocycles. The van der Waals surface area contributed by atoms with E-state index >= 15 is 0 Å². The average Bonchev–Trinajstić information content (AvgIpc) is 2.64. The van der Waals surface area contributed by atoms with Crippen molar-refractivity contribution in [3.63, 3.8) is 0 Å². The van der Waals surface area contributed by atoms with Crippen LogP contribution in [0.2, 0.25) is 0 Å². The predicted molar refractivity (Wildman–Crippen MR) is 41.0 cm³/mol. The topological polar surface area (TPSA) is 46.2 Å². The van der Waals surface area contributed by atoms with E-state index in [1.165, 1.54) is 0 Å². The van der Waals surface area contributed by atoms with Crippen LogP contribution in [0.4, 0.5) is 0 Å². The molecular formula is C9H11NO2. The van der Waals surface area contributed by atoms with Crippen LogP contribution in [-0.4, -0.2) is 11.8 Å². The third-order valence-electron chi connectivity index (χ3n) is 3.77. The first-order chi connectivity index (χ1) is 5.77. The molecule has 2 unspecified atom stereocenters.